The Morgan fingerprint density at radius 1 is 1.22 bits per heavy atom. The van der Waals surface area contributed by atoms with Crippen LogP contribution in [0.1, 0.15) is 16.8 Å². The van der Waals surface area contributed by atoms with Crippen LogP contribution in [0.25, 0.3) is 11.1 Å². The molecule has 0 saturated heterocycles. The van der Waals surface area contributed by atoms with E-state index in [1.807, 2.05) is 31.3 Å². The number of nitrogens with one attached hydrogen (secondary N) is 1. The van der Waals surface area contributed by atoms with Crippen LogP contribution in [0, 0.1) is 17.7 Å². The van der Waals surface area contributed by atoms with Crippen molar-refractivity contribution in [3.05, 3.63) is 88.4 Å². The number of benzene rings is 2. The highest BCUT2D eigenvalue weighted by Gasteiger charge is 2.24. The Labute approximate surface area is 208 Å². The Morgan fingerprint density at radius 2 is 2.06 bits per heavy atom. The third kappa shape index (κ3) is 4.64. The average Bonchev–Trinajstić information content (AvgIpc) is 3.57. The van der Waals surface area contributed by atoms with Crippen molar-refractivity contribution in [2.45, 2.75) is 17.9 Å². The van der Waals surface area contributed by atoms with E-state index in [-0.39, 0.29) is 22.8 Å². The highest BCUT2D eigenvalue weighted by atomic mass is 32.2. The van der Waals surface area contributed by atoms with E-state index in [1.165, 1.54) is 10.9 Å². The smallest absolute Gasteiger partial charge is 0.408 e. The molecule has 5 rings (SSSR count). The van der Waals surface area contributed by atoms with Crippen LogP contribution in [0.3, 0.4) is 0 Å². The minimum Gasteiger partial charge on any atom is -0.408 e. The monoisotopic (exact) mass is 524 g/mol. The molecular formula is C23H17FN6O4S2. The molecule has 0 amide bonds. The number of sulfonamides is 1. The second-order valence-corrected chi connectivity index (χ2v) is 10.1. The van der Waals surface area contributed by atoms with E-state index in [1.54, 1.807) is 17.1 Å². The molecule has 0 fully saturated rings. The van der Waals surface area contributed by atoms with Gasteiger partial charge in [-0.3, -0.25) is 9.29 Å². The lowest BCUT2D eigenvalue weighted by molar-refractivity contribution is 0.504. The number of nitrogens with zero attached hydrogens (tertiary/aromatic N) is 5. The predicted molar refractivity (Wildman–Crippen MR) is 130 cm³/mol. The minimum atomic E-state index is -4.31. The van der Waals surface area contributed by atoms with Crippen molar-refractivity contribution in [3.8, 4) is 11.8 Å². The number of aryl methyl sites for hydroxylation is 3. The van der Waals surface area contributed by atoms with Gasteiger partial charge in [-0.2, -0.15) is 4.37 Å². The van der Waals surface area contributed by atoms with Crippen LogP contribution in [-0.2, 0) is 30.0 Å². The number of aromatic nitrogens is 5. The van der Waals surface area contributed by atoms with Crippen molar-refractivity contribution in [3.63, 3.8) is 0 Å². The molecule has 0 atom stereocenters. The zero-order chi connectivity index (χ0) is 25.3. The molecule has 13 heteroatoms. The zero-order valence-corrected chi connectivity index (χ0v) is 20.3. The van der Waals surface area contributed by atoms with Crippen molar-refractivity contribution in [1.82, 2.24) is 23.5 Å². The molecule has 0 aliphatic carbocycles. The molecule has 36 heavy (non-hydrogen) atoms. The second-order valence-electron chi connectivity index (χ2n) is 7.67. The summed E-state index contributed by atoms with van der Waals surface area (Å²) in [6, 6.07) is 9.45. The van der Waals surface area contributed by atoms with E-state index < -0.39 is 26.5 Å². The lowest BCUT2D eigenvalue weighted by Gasteiger charge is -2.08. The summed E-state index contributed by atoms with van der Waals surface area (Å²) < 4.78 is 54.3. The molecule has 3 heterocycles. The Bertz CT molecular complexity index is 1790. The van der Waals surface area contributed by atoms with Crippen molar-refractivity contribution in [1.29, 1.82) is 0 Å². The van der Waals surface area contributed by atoms with E-state index in [4.69, 9.17) is 4.42 Å². The highest BCUT2D eigenvalue weighted by molar-refractivity contribution is 7.93. The number of hydrogen-bond acceptors (Lipinski definition) is 8. The van der Waals surface area contributed by atoms with Gasteiger partial charge < -0.3 is 8.98 Å². The summed E-state index contributed by atoms with van der Waals surface area (Å²) in [5.74, 6) is 4.44. The Morgan fingerprint density at radius 3 is 2.81 bits per heavy atom. The summed E-state index contributed by atoms with van der Waals surface area (Å²) in [5, 5.41) is -0.0151. The van der Waals surface area contributed by atoms with Crippen LogP contribution in [0.2, 0.25) is 0 Å². The number of oxazole rings is 1. The molecule has 0 bridgehead atoms. The summed E-state index contributed by atoms with van der Waals surface area (Å²) in [7, 11) is -2.46. The van der Waals surface area contributed by atoms with Crippen molar-refractivity contribution >= 4 is 37.8 Å². The van der Waals surface area contributed by atoms with Gasteiger partial charge in [-0.05, 0) is 24.0 Å². The largest absolute Gasteiger partial charge is 0.419 e. The molecule has 1 N–H and O–H groups in total. The van der Waals surface area contributed by atoms with Gasteiger partial charge in [0.1, 0.15) is 22.7 Å². The number of hydrogen-bond donors (Lipinski definition) is 1. The number of halogens is 1. The van der Waals surface area contributed by atoms with Crippen LogP contribution in [-0.4, -0.2) is 31.9 Å². The van der Waals surface area contributed by atoms with Gasteiger partial charge in [0, 0.05) is 42.8 Å². The maximum Gasteiger partial charge on any atom is 0.419 e. The molecule has 0 saturated carbocycles. The standard InChI is InChI=1S/C23H17FN6O4S2/c1-29-14-25-12-17(29)7-6-15-4-2-3-5-16(15)8-9-30-19-10-18(24)21(11-20(19)34-23(30)31)36(32,33)28-22-26-13-27-35-22/h2-5,10-14H,8-9H2,1H3,(H,26,27,28). The third-order valence-corrected chi connectivity index (χ3v) is 7.42. The van der Waals surface area contributed by atoms with E-state index >= 15 is 0 Å². The van der Waals surface area contributed by atoms with Crippen LogP contribution in [0.4, 0.5) is 9.52 Å². The second kappa shape index (κ2) is 9.40. The highest BCUT2D eigenvalue weighted by Crippen LogP contribution is 2.25. The number of imidazole rings is 1. The molecule has 182 valence electrons. The summed E-state index contributed by atoms with van der Waals surface area (Å²) in [5.41, 5.74) is 2.51. The third-order valence-electron chi connectivity index (χ3n) is 5.36. The Hall–Kier alpha value is -4.28. The number of anilines is 1. The van der Waals surface area contributed by atoms with Crippen molar-refractivity contribution in [2.24, 2.45) is 7.05 Å². The fraction of sp³-hybridized carbons (Fsp3) is 0.130. The van der Waals surface area contributed by atoms with Gasteiger partial charge in [0.2, 0.25) is 5.13 Å². The van der Waals surface area contributed by atoms with Crippen molar-refractivity contribution in [2.75, 3.05) is 4.72 Å². The van der Waals surface area contributed by atoms with E-state index in [0.29, 0.717) is 6.42 Å². The molecule has 0 aliphatic rings. The quantitative estimate of drug-likeness (QED) is 0.339. The molecule has 0 spiro atoms. The molecule has 3 aromatic heterocycles. The van der Waals surface area contributed by atoms with Gasteiger partial charge in [-0.25, -0.2) is 27.6 Å². The molecule has 5 aromatic rings. The van der Waals surface area contributed by atoms with E-state index in [2.05, 4.69) is 30.9 Å². The summed E-state index contributed by atoms with van der Waals surface area (Å²) in [6.07, 6.45) is 4.91. The topological polar surface area (TPSA) is 125 Å². The maximum absolute atomic E-state index is 14.9. The lowest BCUT2D eigenvalue weighted by Crippen LogP contribution is -2.16. The number of fused-ring (bicyclic) bond motifs is 1. The fourth-order valence-electron chi connectivity index (χ4n) is 3.57. The van der Waals surface area contributed by atoms with Crippen LogP contribution in [0.15, 0.2) is 69.4 Å². The van der Waals surface area contributed by atoms with Gasteiger partial charge in [0.15, 0.2) is 5.58 Å². The molecule has 0 aliphatic heterocycles. The first-order chi connectivity index (χ1) is 17.3. The molecule has 2 aromatic carbocycles. The van der Waals surface area contributed by atoms with E-state index in [9.17, 15) is 17.6 Å². The minimum absolute atomic E-state index is 0.0151. The van der Waals surface area contributed by atoms with Gasteiger partial charge in [-0.1, -0.05) is 24.1 Å². The fourth-order valence-corrected chi connectivity index (χ4v) is 5.31. The first kappa shape index (κ1) is 23.5. The Balaban J connectivity index is 1.43. The SMILES string of the molecule is Cn1cncc1C#Cc1ccccc1CCn1c(=O)oc2cc(S(=O)(=O)Nc3ncns3)c(F)cc21. The van der Waals surface area contributed by atoms with Crippen LogP contribution < -0.4 is 10.5 Å². The summed E-state index contributed by atoms with van der Waals surface area (Å²) in [4.78, 5) is 19.7. The molecule has 10 nitrogen and oxygen atoms in total. The first-order valence-corrected chi connectivity index (χ1v) is 12.8. The van der Waals surface area contributed by atoms with Crippen LogP contribution >= 0.6 is 11.5 Å². The molecular weight excluding hydrogens is 507 g/mol. The lowest BCUT2D eigenvalue weighted by atomic mass is 10.0. The van der Waals surface area contributed by atoms with Gasteiger partial charge in [-0.15, -0.1) is 0 Å². The summed E-state index contributed by atoms with van der Waals surface area (Å²) in [6.45, 7) is 0.171. The van der Waals surface area contributed by atoms with Gasteiger partial charge >= 0.3 is 5.76 Å². The Kier molecular flexibility index (Phi) is 6.13. The summed E-state index contributed by atoms with van der Waals surface area (Å²) >= 11 is 0.804. The van der Waals surface area contributed by atoms with E-state index in [0.717, 1.165) is 40.5 Å². The van der Waals surface area contributed by atoms with Gasteiger partial charge in [0.05, 0.1) is 18.0 Å². The first-order valence-electron chi connectivity index (χ1n) is 10.5. The maximum atomic E-state index is 14.9. The van der Waals surface area contributed by atoms with Crippen molar-refractivity contribution < 1.29 is 17.2 Å². The normalized spacial score (nSPS) is 11.4. The molecule has 0 unspecified atom stereocenters. The number of rotatable bonds is 6. The van der Waals surface area contributed by atoms with Crippen LogP contribution in [0.5, 0.6) is 0 Å². The molecule has 0 radical (unpaired) electrons. The average molecular weight is 525 g/mol. The van der Waals surface area contributed by atoms with Gasteiger partial charge in [0.25, 0.3) is 10.0 Å². The predicted octanol–water partition coefficient (Wildman–Crippen LogP) is 2.76. The zero-order valence-electron chi connectivity index (χ0n) is 18.7.